The Balaban J connectivity index is 2.10. The highest BCUT2D eigenvalue weighted by molar-refractivity contribution is 9.10. The molecule has 0 N–H and O–H groups in total. The van der Waals surface area contributed by atoms with Crippen molar-refractivity contribution in [3.05, 3.63) is 34.1 Å². The lowest BCUT2D eigenvalue weighted by Gasteiger charge is -2.21. The zero-order valence-electron chi connectivity index (χ0n) is 8.84. The summed E-state index contributed by atoms with van der Waals surface area (Å²) in [5.41, 5.74) is 1.17. The summed E-state index contributed by atoms with van der Waals surface area (Å²) in [4.78, 5) is 2.44. The Kier molecular flexibility index (Phi) is 3.42. The highest BCUT2D eigenvalue weighted by Gasteiger charge is 2.20. The van der Waals surface area contributed by atoms with Crippen molar-refractivity contribution in [1.29, 1.82) is 0 Å². The van der Waals surface area contributed by atoms with Crippen LogP contribution < -0.4 is 0 Å². The minimum Gasteiger partial charge on any atom is -0.296 e. The first-order valence-corrected chi connectivity index (χ1v) is 6.14. The second kappa shape index (κ2) is 4.62. The van der Waals surface area contributed by atoms with Crippen LogP contribution in [0.15, 0.2) is 22.7 Å². The van der Waals surface area contributed by atoms with E-state index in [0.717, 1.165) is 17.6 Å². The molecule has 0 amide bonds. The lowest BCUT2D eigenvalue weighted by Crippen LogP contribution is -2.26. The van der Waals surface area contributed by atoms with Gasteiger partial charge in [0.25, 0.3) is 0 Å². The maximum absolute atomic E-state index is 12.9. The summed E-state index contributed by atoms with van der Waals surface area (Å²) in [5.74, 6) is -0.180. The standard InChI is InChI=1S/C12H15BrFN/c1-9-3-2-6-15(9)8-10-4-5-11(14)7-12(10)13/h4-5,7,9H,2-3,6,8H2,1H3. The topological polar surface area (TPSA) is 3.24 Å². The molecule has 0 saturated carbocycles. The van der Waals surface area contributed by atoms with Crippen molar-refractivity contribution in [3.63, 3.8) is 0 Å². The molecule has 0 spiro atoms. The van der Waals surface area contributed by atoms with E-state index in [0.29, 0.717) is 6.04 Å². The van der Waals surface area contributed by atoms with Crippen LogP contribution in [0.3, 0.4) is 0 Å². The highest BCUT2D eigenvalue weighted by atomic mass is 79.9. The molecule has 1 aliphatic rings. The Hall–Kier alpha value is -0.410. The van der Waals surface area contributed by atoms with E-state index < -0.39 is 0 Å². The van der Waals surface area contributed by atoms with E-state index in [1.54, 1.807) is 0 Å². The molecular formula is C12H15BrFN. The zero-order valence-corrected chi connectivity index (χ0v) is 10.4. The van der Waals surface area contributed by atoms with Crippen molar-refractivity contribution in [1.82, 2.24) is 4.90 Å². The fourth-order valence-electron chi connectivity index (χ4n) is 2.10. The molecule has 82 valence electrons. The minimum absolute atomic E-state index is 0.180. The van der Waals surface area contributed by atoms with Crippen LogP contribution in [0.4, 0.5) is 4.39 Å². The van der Waals surface area contributed by atoms with E-state index >= 15 is 0 Å². The first-order chi connectivity index (χ1) is 7.16. The van der Waals surface area contributed by atoms with Crippen molar-refractivity contribution in [3.8, 4) is 0 Å². The van der Waals surface area contributed by atoms with Gasteiger partial charge in [0.1, 0.15) is 5.82 Å². The molecule has 1 aromatic carbocycles. The van der Waals surface area contributed by atoms with E-state index in [1.807, 2.05) is 6.07 Å². The van der Waals surface area contributed by atoms with Crippen LogP contribution in [0.5, 0.6) is 0 Å². The van der Waals surface area contributed by atoms with Crippen LogP contribution in [-0.2, 0) is 6.54 Å². The lowest BCUT2D eigenvalue weighted by atomic mass is 10.2. The third kappa shape index (κ3) is 2.58. The number of hydrogen-bond donors (Lipinski definition) is 0. The number of benzene rings is 1. The SMILES string of the molecule is CC1CCCN1Cc1ccc(F)cc1Br. The second-order valence-electron chi connectivity index (χ2n) is 4.20. The van der Waals surface area contributed by atoms with Crippen LogP contribution in [0, 0.1) is 5.82 Å². The molecule has 3 heteroatoms. The van der Waals surface area contributed by atoms with Crippen molar-refractivity contribution < 1.29 is 4.39 Å². The van der Waals surface area contributed by atoms with Gasteiger partial charge in [-0.1, -0.05) is 22.0 Å². The van der Waals surface area contributed by atoms with Crippen molar-refractivity contribution >= 4 is 15.9 Å². The molecular weight excluding hydrogens is 257 g/mol. The summed E-state index contributed by atoms with van der Waals surface area (Å²) in [6.07, 6.45) is 2.55. The fourth-order valence-corrected chi connectivity index (χ4v) is 2.57. The van der Waals surface area contributed by atoms with E-state index in [1.165, 1.54) is 30.5 Å². The molecule has 1 nitrogen and oxygen atoms in total. The van der Waals surface area contributed by atoms with E-state index in [2.05, 4.69) is 27.8 Å². The molecule has 0 aliphatic carbocycles. The fraction of sp³-hybridized carbons (Fsp3) is 0.500. The Morgan fingerprint density at radius 3 is 2.93 bits per heavy atom. The average molecular weight is 272 g/mol. The quantitative estimate of drug-likeness (QED) is 0.795. The number of nitrogens with zero attached hydrogens (tertiary/aromatic N) is 1. The molecule has 2 rings (SSSR count). The molecule has 0 radical (unpaired) electrons. The Morgan fingerprint density at radius 2 is 2.33 bits per heavy atom. The van der Waals surface area contributed by atoms with Crippen LogP contribution in [0.2, 0.25) is 0 Å². The predicted molar refractivity (Wildman–Crippen MR) is 63.2 cm³/mol. The first kappa shape index (κ1) is 11.1. The van der Waals surface area contributed by atoms with Gasteiger partial charge in [-0.3, -0.25) is 4.90 Å². The van der Waals surface area contributed by atoms with Gasteiger partial charge in [-0.15, -0.1) is 0 Å². The number of likely N-dealkylation sites (tertiary alicyclic amines) is 1. The van der Waals surface area contributed by atoms with Crippen molar-refractivity contribution in [2.75, 3.05) is 6.54 Å². The maximum Gasteiger partial charge on any atom is 0.124 e. The molecule has 1 fully saturated rings. The van der Waals surface area contributed by atoms with Gasteiger partial charge >= 0.3 is 0 Å². The van der Waals surface area contributed by atoms with Gasteiger partial charge in [-0.2, -0.15) is 0 Å². The third-order valence-corrected chi connectivity index (χ3v) is 3.82. The van der Waals surface area contributed by atoms with E-state index in [-0.39, 0.29) is 5.82 Å². The third-order valence-electron chi connectivity index (χ3n) is 3.08. The monoisotopic (exact) mass is 271 g/mol. The van der Waals surface area contributed by atoms with Gasteiger partial charge in [0.2, 0.25) is 0 Å². The molecule has 0 bridgehead atoms. The lowest BCUT2D eigenvalue weighted by molar-refractivity contribution is 0.260. The Morgan fingerprint density at radius 1 is 1.53 bits per heavy atom. The normalized spacial score (nSPS) is 22.2. The van der Waals surface area contributed by atoms with Crippen LogP contribution in [-0.4, -0.2) is 17.5 Å². The Bertz CT molecular complexity index is 353. The molecule has 1 heterocycles. The second-order valence-corrected chi connectivity index (χ2v) is 5.05. The summed E-state index contributed by atoms with van der Waals surface area (Å²) >= 11 is 3.41. The summed E-state index contributed by atoms with van der Waals surface area (Å²) in [5, 5.41) is 0. The van der Waals surface area contributed by atoms with Gasteiger partial charge in [0.15, 0.2) is 0 Å². The predicted octanol–water partition coefficient (Wildman–Crippen LogP) is 3.57. The summed E-state index contributed by atoms with van der Waals surface area (Å²) in [7, 11) is 0. The summed E-state index contributed by atoms with van der Waals surface area (Å²) in [6, 6.07) is 5.59. The van der Waals surface area contributed by atoms with Crippen molar-refractivity contribution in [2.45, 2.75) is 32.4 Å². The highest BCUT2D eigenvalue weighted by Crippen LogP contribution is 2.24. The van der Waals surface area contributed by atoms with Gasteiger partial charge in [0, 0.05) is 17.1 Å². The molecule has 1 saturated heterocycles. The molecule has 1 unspecified atom stereocenters. The van der Waals surface area contributed by atoms with Crippen LogP contribution >= 0.6 is 15.9 Å². The van der Waals surface area contributed by atoms with Crippen molar-refractivity contribution in [2.24, 2.45) is 0 Å². The van der Waals surface area contributed by atoms with Crippen LogP contribution in [0.1, 0.15) is 25.3 Å². The molecule has 15 heavy (non-hydrogen) atoms. The molecule has 0 aromatic heterocycles. The van der Waals surface area contributed by atoms with Crippen LogP contribution in [0.25, 0.3) is 0 Å². The number of rotatable bonds is 2. The molecule has 1 aliphatic heterocycles. The van der Waals surface area contributed by atoms with Gasteiger partial charge in [-0.25, -0.2) is 4.39 Å². The van der Waals surface area contributed by atoms with Gasteiger partial charge in [-0.05, 0) is 44.0 Å². The smallest absolute Gasteiger partial charge is 0.124 e. The van der Waals surface area contributed by atoms with Gasteiger partial charge < -0.3 is 0 Å². The number of halogens is 2. The van der Waals surface area contributed by atoms with Gasteiger partial charge in [0.05, 0.1) is 0 Å². The Labute approximate surface area is 98.4 Å². The summed E-state index contributed by atoms with van der Waals surface area (Å²) < 4.78 is 13.8. The zero-order chi connectivity index (χ0) is 10.8. The average Bonchev–Trinajstić information content (AvgIpc) is 2.57. The summed E-state index contributed by atoms with van der Waals surface area (Å²) in [6.45, 7) is 4.33. The minimum atomic E-state index is -0.180. The number of hydrogen-bond acceptors (Lipinski definition) is 1. The molecule has 1 atom stereocenters. The largest absolute Gasteiger partial charge is 0.296 e. The van der Waals surface area contributed by atoms with E-state index in [9.17, 15) is 4.39 Å². The maximum atomic E-state index is 12.9. The first-order valence-electron chi connectivity index (χ1n) is 5.35. The van der Waals surface area contributed by atoms with E-state index in [4.69, 9.17) is 0 Å². The molecule has 1 aromatic rings.